The van der Waals surface area contributed by atoms with Gasteiger partial charge in [0.15, 0.2) is 0 Å². The van der Waals surface area contributed by atoms with E-state index in [0.29, 0.717) is 38.8 Å². The molecule has 19 heavy (non-hydrogen) atoms. The molecular weight excluding hydrogens is 262 g/mol. The summed E-state index contributed by atoms with van der Waals surface area (Å²) < 4.78 is 0. The zero-order valence-corrected chi connectivity index (χ0v) is 12.0. The summed E-state index contributed by atoms with van der Waals surface area (Å²) in [6, 6.07) is 7.63. The summed E-state index contributed by atoms with van der Waals surface area (Å²) in [6.07, 6.45) is 2.47. The molecule has 1 aliphatic rings. The lowest BCUT2D eigenvalue weighted by atomic mass is 9.93. The minimum atomic E-state index is -0.612. The normalized spacial score (nSPS) is 18.4. The highest BCUT2D eigenvalue weighted by atomic mass is 35.5. The number of carbonyl (C=O) groups excluding carboxylic acids is 1. The number of rotatable bonds is 3. The molecule has 0 unspecified atom stereocenters. The van der Waals surface area contributed by atoms with Gasteiger partial charge in [0.1, 0.15) is 0 Å². The topological polar surface area (TPSA) is 40.5 Å². The van der Waals surface area contributed by atoms with E-state index in [2.05, 4.69) is 0 Å². The molecule has 1 aromatic carbocycles. The number of hydrogen-bond acceptors (Lipinski definition) is 2. The van der Waals surface area contributed by atoms with E-state index in [-0.39, 0.29) is 5.91 Å². The van der Waals surface area contributed by atoms with Crippen molar-refractivity contribution in [3.8, 4) is 0 Å². The summed E-state index contributed by atoms with van der Waals surface area (Å²) in [7, 11) is 0. The van der Waals surface area contributed by atoms with Crippen LogP contribution in [0.15, 0.2) is 24.3 Å². The molecule has 0 bridgehead atoms. The summed E-state index contributed by atoms with van der Waals surface area (Å²) in [5.74, 6) is 0.149. The first-order valence-electron chi connectivity index (χ1n) is 6.71. The molecular formula is C15H20ClNO2. The Labute approximate surface area is 119 Å². The van der Waals surface area contributed by atoms with E-state index in [1.54, 1.807) is 0 Å². The Balaban J connectivity index is 1.84. The van der Waals surface area contributed by atoms with E-state index in [0.717, 1.165) is 10.6 Å². The molecule has 1 saturated heterocycles. The number of benzene rings is 1. The Morgan fingerprint density at radius 3 is 2.63 bits per heavy atom. The van der Waals surface area contributed by atoms with Crippen LogP contribution in [-0.2, 0) is 11.2 Å². The van der Waals surface area contributed by atoms with Gasteiger partial charge in [-0.15, -0.1) is 0 Å². The largest absolute Gasteiger partial charge is 0.390 e. The van der Waals surface area contributed by atoms with Crippen LogP contribution in [0.5, 0.6) is 0 Å². The van der Waals surface area contributed by atoms with Crippen LogP contribution in [0, 0.1) is 0 Å². The lowest BCUT2D eigenvalue weighted by Gasteiger charge is -2.35. The highest BCUT2D eigenvalue weighted by molar-refractivity contribution is 6.31. The number of aliphatic hydroxyl groups is 1. The third-order valence-corrected chi connectivity index (χ3v) is 4.13. The maximum absolute atomic E-state index is 12.1. The van der Waals surface area contributed by atoms with Gasteiger partial charge in [0, 0.05) is 24.5 Å². The van der Waals surface area contributed by atoms with Crippen LogP contribution >= 0.6 is 11.6 Å². The molecule has 0 saturated carbocycles. The summed E-state index contributed by atoms with van der Waals surface area (Å²) in [6.45, 7) is 3.13. The summed E-state index contributed by atoms with van der Waals surface area (Å²) >= 11 is 6.07. The highest BCUT2D eigenvalue weighted by Crippen LogP contribution is 2.22. The van der Waals surface area contributed by atoms with Crippen LogP contribution in [0.3, 0.4) is 0 Å². The Kier molecular flexibility index (Phi) is 4.48. The Morgan fingerprint density at radius 2 is 2.00 bits per heavy atom. The fourth-order valence-electron chi connectivity index (χ4n) is 2.34. The van der Waals surface area contributed by atoms with Gasteiger partial charge in [-0.05, 0) is 37.8 Å². The molecule has 1 fully saturated rings. The van der Waals surface area contributed by atoms with Crippen molar-refractivity contribution in [1.29, 1.82) is 0 Å². The van der Waals surface area contributed by atoms with Crippen LogP contribution in [0.25, 0.3) is 0 Å². The zero-order chi connectivity index (χ0) is 13.9. The number of aryl methyl sites for hydroxylation is 1. The van der Waals surface area contributed by atoms with Gasteiger partial charge in [-0.25, -0.2) is 0 Å². The van der Waals surface area contributed by atoms with E-state index in [1.165, 1.54) is 0 Å². The van der Waals surface area contributed by atoms with Crippen LogP contribution in [0.2, 0.25) is 5.02 Å². The van der Waals surface area contributed by atoms with Crippen molar-refractivity contribution in [2.24, 2.45) is 0 Å². The van der Waals surface area contributed by atoms with Crippen molar-refractivity contribution in [3.63, 3.8) is 0 Å². The number of carbonyl (C=O) groups is 1. The maximum atomic E-state index is 12.1. The van der Waals surface area contributed by atoms with E-state index in [1.807, 2.05) is 36.1 Å². The molecule has 1 N–H and O–H groups in total. The molecule has 0 spiro atoms. The predicted octanol–water partition coefficient (Wildman–Crippen LogP) is 2.65. The average molecular weight is 282 g/mol. The molecule has 0 aromatic heterocycles. The quantitative estimate of drug-likeness (QED) is 0.925. The molecule has 1 aliphatic heterocycles. The molecule has 1 heterocycles. The molecule has 3 nitrogen and oxygen atoms in total. The van der Waals surface area contributed by atoms with Crippen molar-refractivity contribution in [3.05, 3.63) is 34.9 Å². The van der Waals surface area contributed by atoms with Gasteiger partial charge in [-0.3, -0.25) is 4.79 Å². The predicted molar refractivity (Wildman–Crippen MR) is 76.2 cm³/mol. The molecule has 0 atom stereocenters. The standard InChI is InChI=1S/C15H20ClNO2/c1-15(19)8-10-17(11-9-15)14(18)7-6-12-4-2-3-5-13(12)16/h2-5,19H,6-11H2,1H3. The maximum Gasteiger partial charge on any atom is 0.222 e. The van der Waals surface area contributed by atoms with Crippen molar-refractivity contribution >= 4 is 17.5 Å². The van der Waals surface area contributed by atoms with Crippen LogP contribution in [0.1, 0.15) is 31.7 Å². The molecule has 1 aromatic rings. The van der Waals surface area contributed by atoms with Crippen molar-refractivity contribution in [2.75, 3.05) is 13.1 Å². The van der Waals surface area contributed by atoms with E-state index >= 15 is 0 Å². The lowest BCUT2D eigenvalue weighted by molar-refractivity contribution is -0.134. The number of hydrogen-bond donors (Lipinski definition) is 1. The highest BCUT2D eigenvalue weighted by Gasteiger charge is 2.29. The van der Waals surface area contributed by atoms with Crippen LogP contribution in [0.4, 0.5) is 0 Å². The van der Waals surface area contributed by atoms with Crippen LogP contribution in [-0.4, -0.2) is 34.6 Å². The number of piperidine rings is 1. The second-order valence-electron chi connectivity index (χ2n) is 5.47. The average Bonchev–Trinajstić information content (AvgIpc) is 2.37. The third-order valence-electron chi connectivity index (χ3n) is 3.76. The second-order valence-corrected chi connectivity index (χ2v) is 5.88. The van der Waals surface area contributed by atoms with E-state index in [9.17, 15) is 9.90 Å². The first-order chi connectivity index (χ1) is 8.98. The smallest absolute Gasteiger partial charge is 0.222 e. The van der Waals surface area contributed by atoms with Gasteiger partial charge in [-0.1, -0.05) is 29.8 Å². The summed E-state index contributed by atoms with van der Waals surface area (Å²) in [4.78, 5) is 13.9. The third kappa shape index (κ3) is 3.95. The lowest BCUT2D eigenvalue weighted by Crippen LogP contribution is -2.45. The Hall–Kier alpha value is -1.06. The van der Waals surface area contributed by atoms with Crippen molar-refractivity contribution in [1.82, 2.24) is 4.90 Å². The van der Waals surface area contributed by atoms with E-state index in [4.69, 9.17) is 11.6 Å². The van der Waals surface area contributed by atoms with Gasteiger partial charge in [0.25, 0.3) is 0 Å². The van der Waals surface area contributed by atoms with Gasteiger partial charge >= 0.3 is 0 Å². The number of amides is 1. The first kappa shape index (κ1) is 14.4. The molecule has 0 radical (unpaired) electrons. The zero-order valence-electron chi connectivity index (χ0n) is 11.2. The molecule has 2 rings (SSSR count). The number of nitrogens with zero attached hydrogens (tertiary/aromatic N) is 1. The summed E-state index contributed by atoms with van der Waals surface area (Å²) in [5, 5.41) is 10.6. The molecule has 104 valence electrons. The number of likely N-dealkylation sites (tertiary alicyclic amines) is 1. The van der Waals surface area contributed by atoms with Gasteiger partial charge in [-0.2, -0.15) is 0 Å². The SMILES string of the molecule is CC1(O)CCN(C(=O)CCc2ccccc2Cl)CC1. The second kappa shape index (κ2) is 5.93. The van der Waals surface area contributed by atoms with Crippen LogP contribution < -0.4 is 0 Å². The molecule has 4 heteroatoms. The fraction of sp³-hybridized carbons (Fsp3) is 0.533. The van der Waals surface area contributed by atoms with Gasteiger partial charge in [0.2, 0.25) is 5.91 Å². The van der Waals surface area contributed by atoms with E-state index < -0.39 is 5.60 Å². The number of halogens is 1. The molecule has 0 aliphatic carbocycles. The Bertz CT molecular complexity index is 449. The minimum absolute atomic E-state index is 0.149. The van der Waals surface area contributed by atoms with Crippen molar-refractivity contribution in [2.45, 2.75) is 38.2 Å². The minimum Gasteiger partial charge on any atom is -0.390 e. The fourth-order valence-corrected chi connectivity index (χ4v) is 2.57. The van der Waals surface area contributed by atoms with Crippen molar-refractivity contribution < 1.29 is 9.90 Å². The molecule has 1 amide bonds. The Morgan fingerprint density at radius 1 is 1.37 bits per heavy atom. The first-order valence-corrected chi connectivity index (χ1v) is 7.09. The van der Waals surface area contributed by atoms with Gasteiger partial charge < -0.3 is 10.0 Å². The monoisotopic (exact) mass is 281 g/mol. The summed E-state index contributed by atoms with van der Waals surface area (Å²) in [5.41, 5.74) is 0.404. The van der Waals surface area contributed by atoms with Gasteiger partial charge in [0.05, 0.1) is 5.60 Å².